The Balaban J connectivity index is 1.92. The number of rotatable bonds is 12. The zero-order chi connectivity index (χ0) is 21.8. The van der Waals surface area contributed by atoms with Crippen molar-refractivity contribution in [2.45, 2.75) is 52.1 Å². The molecule has 0 saturated heterocycles. The van der Waals surface area contributed by atoms with Gasteiger partial charge >= 0.3 is 11.9 Å². The molecule has 0 amide bonds. The van der Waals surface area contributed by atoms with Crippen LogP contribution >= 0.6 is 11.6 Å². The minimum Gasteiger partial charge on any atom is -0.496 e. The molecule has 6 heteroatoms. The molecule has 162 valence electrons. The molecular formula is C24H29ClO5. The molecule has 30 heavy (non-hydrogen) atoms. The van der Waals surface area contributed by atoms with E-state index in [2.05, 4.69) is 6.92 Å². The molecule has 0 aliphatic heterocycles. The van der Waals surface area contributed by atoms with E-state index >= 15 is 0 Å². The van der Waals surface area contributed by atoms with Crippen molar-refractivity contribution < 1.29 is 23.8 Å². The Morgan fingerprint density at radius 2 is 1.50 bits per heavy atom. The Morgan fingerprint density at radius 3 is 2.17 bits per heavy atom. The predicted molar refractivity (Wildman–Crippen MR) is 117 cm³/mol. The Hall–Kier alpha value is -2.53. The number of hydrogen-bond acceptors (Lipinski definition) is 5. The molecule has 0 fully saturated rings. The number of hydrogen-bond donors (Lipinski definition) is 0. The normalized spacial score (nSPS) is 10.5. The van der Waals surface area contributed by atoms with E-state index in [1.165, 1.54) is 26.4 Å². The van der Waals surface area contributed by atoms with Gasteiger partial charge in [-0.1, -0.05) is 68.8 Å². The first kappa shape index (κ1) is 23.7. The van der Waals surface area contributed by atoms with Gasteiger partial charge in [-0.2, -0.15) is 0 Å². The van der Waals surface area contributed by atoms with Crippen LogP contribution in [0.25, 0.3) is 0 Å². The molecule has 2 aromatic rings. The Morgan fingerprint density at radius 1 is 0.867 bits per heavy atom. The second kappa shape index (κ2) is 12.9. The first-order valence-corrected chi connectivity index (χ1v) is 10.7. The fraction of sp³-hybridized carbons (Fsp3) is 0.417. The summed E-state index contributed by atoms with van der Waals surface area (Å²) < 4.78 is 16.0. The second-order valence-corrected chi connectivity index (χ2v) is 7.42. The Bertz CT molecular complexity index is 834. The highest BCUT2D eigenvalue weighted by Gasteiger charge is 2.19. The summed E-state index contributed by atoms with van der Waals surface area (Å²) in [6, 6.07) is 11.6. The van der Waals surface area contributed by atoms with Gasteiger partial charge in [0.2, 0.25) is 0 Å². The highest BCUT2D eigenvalue weighted by atomic mass is 35.5. The quantitative estimate of drug-likeness (QED) is 0.294. The lowest BCUT2D eigenvalue weighted by molar-refractivity contribution is 0.0434. The minimum absolute atomic E-state index is 0.000315. The molecule has 0 aromatic heterocycles. The number of benzene rings is 2. The van der Waals surface area contributed by atoms with Gasteiger partial charge in [0, 0.05) is 10.6 Å². The highest BCUT2D eigenvalue weighted by Crippen LogP contribution is 2.24. The summed E-state index contributed by atoms with van der Waals surface area (Å²) >= 11 is 5.95. The van der Waals surface area contributed by atoms with Gasteiger partial charge in [0.1, 0.15) is 12.4 Å². The van der Waals surface area contributed by atoms with Crippen LogP contribution in [-0.4, -0.2) is 25.7 Å². The summed E-state index contributed by atoms with van der Waals surface area (Å²) in [7, 11) is 1.52. The maximum absolute atomic E-state index is 12.6. The SMILES string of the molecule is CCCCCCCCOC(=O)c1ccccc1C(=O)OCc1ccc(Cl)cc1OC. The second-order valence-electron chi connectivity index (χ2n) is 6.98. The third kappa shape index (κ3) is 7.38. The summed E-state index contributed by atoms with van der Waals surface area (Å²) in [6.45, 7) is 2.52. The molecule has 5 nitrogen and oxygen atoms in total. The summed E-state index contributed by atoms with van der Waals surface area (Å²) in [5.41, 5.74) is 1.06. The number of carbonyl (C=O) groups excluding carboxylic acids is 2. The molecule has 2 rings (SSSR count). The van der Waals surface area contributed by atoms with Gasteiger partial charge in [0.05, 0.1) is 24.8 Å². The van der Waals surface area contributed by atoms with Gasteiger partial charge in [-0.05, 0) is 30.7 Å². The van der Waals surface area contributed by atoms with E-state index in [0.717, 1.165) is 19.3 Å². The Labute approximate surface area is 183 Å². The van der Waals surface area contributed by atoms with Crippen LogP contribution in [-0.2, 0) is 16.1 Å². The van der Waals surface area contributed by atoms with Crippen molar-refractivity contribution in [3.05, 3.63) is 64.2 Å². The first-order chi connectivity index (χ1) is 14.6. The molecule has 0 spiro atoms. The van der Waals surface area contributed by atoms with Crippen LogP contribution in [0, 0.1) is 0 Å². The third-order valence-electron chi connectivity index (χ3n) is 4.71. The molecule has 0 saturated carbocycles. The number of halogens is 1. The summed E-state index contributed by atoms with van der Waals surface area (Å²) in [6.07, 6.45) is 6.63. The van der Waals surface area contributed by atoms with Crippen molar-refractivity contribution in [1.82, 2.24) is 0 Å². The van der Waals surface area contributed by atoms with Crippen molar-refractivity contribution >= 4 is 23.5 Å². The van der Waals surface area contributed by atoms with Crippen LogP contribution in [0.15, 0.2) is 42.5 Å². The van der Waals surface area contributed by atoms with E-state index in [0.29, 0.717) is 22.9 Å². The van der Waals surface area contributed by atoms with Crippen LogP contribution in [0.3, 0.4) is 0 Å². The van der Waals surface area contributed by atoms with E-state index in [9.17, 15) is 9.59 Å². The molecular weight excluding hydrogens is 404 g/mol. The average Bonchev–Trinajstić information content (AvgIpc) is 2.77. The lowest BCUT2D eigenvalue weighted by Crippen LogP contribution is -2.14. The standard InChI is InChI=1S/C24H29ClO5/c1-3-4-5-6-7-10-15-29-23(26)20-11-8-9-12-21(20)24(27)30-17-18-13-14-19(25)16-22(18)28-2/h8-9,11-14,16H,3-7,10,15,17H2,1-2H3. The van der Waals surface area contributed by atoms with E-state index in [1.54, 1.807) is 42.5 Å². The fourth-order valence-corrected chi connectivity index (χ4v) is 3.18. The topological polar surface area (TPSA) is 61.8 Å². The molecule has 0 radical (unpaired) electrons. The van der Waals surface area contributed by atoms with Crippen molar-refractivity contribution in [2.24, 2.45) is 0 Å². The summed E-state index contributed by atoms with van der Waals surface area (Å²) in [5.74, 6) is -0.582. The van der Waals surface area contributed by atoms with Crippen LogP contribution in [0.4, 0.5) is 0 Å². The van der Waals surface area contributed by atoms with Gasteiger partial charge in [0.25, 0.3) is 0 Å². The van der Waals surface area contributed by atoms with Gasteiger partial charge in [0.15, 0.2) is 0 Å². The van der Waals surface area contributed by atoms with E-state index in [1.807, 2.05) is 0 Å². The largest absolute Gasteiger partial charge is 0.496 e. The number of ether oxygens (including phenoxy) is 3. The van der Waals surface area contributed by atoms with Crippen LogP contribution in [0.2, 0.25) is 5.02 Å². The maximum atomic E-state index is 12.6. The molecule has 0 bridgehead atoms. The van der Waals surface area contributed by atoms with E-state index in [-0.39, 0.29) is 17.7 Å². The van der Waals surface area contributed by atoms with Crippen LogP contribution < -0.4 is 4.74 Å². The van der Waals surface area contributed by atoms with Gasteiger partial charge in [-0.15, -0.1) is 0 Å². The smallest absolute Gasteiger partial charge is 0.339 e. The first-order valence-electron chi connectivity index (χ1n) is 10.3. The average molecular weight is 433 g/mol. The summed E-state index contributed by atoms with van der Waals surface area (Å²) in [4.78, 5) is 25.0. The third-order valence-corrected chi connectivity index (χ3v) is 4.94. The monoisotopic (exact) mass is 432 g/mol. The van der Waals surface area contributed by atoms with Crippen molar-refractivity contribution in [3.63, 3.8) is 0 Å². The van der Waals surface area contributed by atoms with Gasteiger partial charge in [-0.25, -0.2) is 9.59 Å². The number of esters is 2. The molecule has 0 unspecified atom stereocenters. The molecule has 0 N–H and O–H groups in total. The fourth-order valence-electron chi connectivity index (χ4n) is 3.02. The van der Waals surface area contributed by atoms with Gasteiger partial charge in [-0.3, -0.25) is 0 Å². The molecule has 2 aromatic carbocycles. The van der Waals surface area contributed by atoms with Crippen molar-refractivity contribution in [2.75, 3.05) is 13.7 Å². The maximum Gasteiger partial charge on any atom is 0.339 e. The minimum atomic E-state index is -0.598. The summed E-state index contributed by atoms with van der Waals surface area (Å²) in [5, 5.41) is 0.528. The lowest BCUT2D eigenvalue weighted by Gasteiger charge is -2.12. The van der Waals surface area contributed by atoms with Crippen molar-refractivity contribution in [3.8, 4) is 5.75 Å². The molecule has 0 heterocycles. The number of methoxy groups -OCH3 is 1. The highest BCUT2D eigenvalue weighted by molar-refractivity contribution is 6.30. The zero-order valence-corrected chi connectivity index (χ0v) is 18.4. The van der Waals surface area contributed by atoms with Crippen molar-refractivity contribution in [1.29, 1.82) is 0 Å². The zero-order valence-electron chi connectivity index (χ0n) is 17.6. The molecule has 0 aliphatic carbocycles. The van der Waals surface area contributed by atoms with Gasteiger partial charge < -0.3 is 14.2 Å². The lowest BCUT2D eigenvalue weighted by atomic mass is 10.1. The van der Waals surface area contributed by atoms with Crippen LogP contribution in [0.5, 0.6) is 5.75 Å². The number of unbranched alkanes of at least 4 members (excludes halogenated alkanes) is 5. The van der Waals surface area contributed by atoms with Crippen LogP contribution in [0.1, 0.15) is 71.7 Å². The number of carbonyl (C=O) groups is 2. The van der Waals surface area contributed by atoms with E-state index < -0.39 is 11.9 Å². The Kier molecular flexibility index (Phi) is 10.2. The predicted octanol–water partition coefficient (Wildman–Crippen LogP) is 6.22. The molecule has 0 atom stereocenters. The molecule has 0 aliphatic rings. The van der Waals surface area contributed by atoms with E-state index in [4.69, 9.17) is 25.8 Å².